The third-order valence-electron chi connectivity index (χ3n) is 3.45. The van der Waals surface area contributed by atoms with E-state index in [0.717, 1.165) is 28.5 Å². The lowest BCUT2D eigenvalue weighted by atomic mass is 10.2. The number of nitrogens with one attached hydrogen (secondary N) is 1. The maximum Gasteiger partial charge on any atom is 0.224 e. The van der Waals surface area contributed by atoms with Gasteiger partial charge in [-0.05, 0) is 37.6 Å². The zero-order valence-corrected chi connectivity index (χ0v) is 13.4. The van der Waals surface area contributed by atoms with Gasteiger partial charge in [-0.3, -0.25) is 0 Å². The zero-order chi connectivity index (χ0) is 16.2. The normalized spacial score (nSPS) is 10.6. The molecule has 1 N–H and O–H groups in total. The van der Waals surface area contributed by atoms with E-state index < -0.39 is 0 Å². The fraction of sp³-hybridized carbons (Fsp3) is 0.235. The molecule has 0 aliphatic carbocycles. The van der Waals surface area contributed by atoms with E-state index >= 15 is 0 Å². The number of hydrogen-bond donors (Lipinski definition) is 1. The van der Waals surface area contributed by atoms with Crippen LogP contribution >= 0.6 is 0 Å². The van der Waals surface area contributed by atoms with Crippen molar-refractivity contribution in [2.75, 3.05) is 12.4 Å². The second kappa shape index (κ2) is 6.48. The summed E-state index contributed by atoms with van der Waals surface area (Å²) in [5.41, 5.74) is 3.11. The number of ether oxygens (including phenoxy) is 1. The molecule has 0 aliphatic heterocycles. The van der Waals surface area contributed by atoms with Crippen LogP contribution in [0.4, 0.5) is 5.95 Å². The Morgan fingerprint density at radius 2 is 2.04 bits per heavy atom. The molecule has 0 unspecified atom stereocenters. The summed E-state index contributed by atoms with van der Waals surface area (Å²) in [4.78, 5) is 8.79. The first kappa shape index (κ1) is 15.0. The molecule has 0 aliphatic rings. The van der Waals surface area contributed by atoms with Gasteiger partial charge in [-0.2, -0.15) is 10.1 Å². The molecule has 0 amide bonds. The molecule has 1 aromatic carbocycles. The van der Waals surface area contributed by atoms with Crippen LogP contribution in [0.1, 0.15) is 17.0 Å². The van der Waals surface area contributed by atoms with Gasteiger partial charge in [0.2, 0.25) is 5.95 Å². The molecule has 3 aromatic rings. The lowest BCUT2D eigenvalue weighted by Crippen LogP contribution is -2.08. The van der Waals surface area contributed by atoms with Crippen molar-refractivity contribution in [1.82, 2.24) is 19.7 Å². The zero-order valence-electron chi connectivity index (χ0n) is 13.4. The van der Waals surface area contributed by atoms with Crippen LogP contribution in [0, 0.1) is 13.8 Å². The molecule has 0 radical (unpaired) electrons. The summed E-state index contributed by atoms with van der Waals surface area (Å²) in [7, 11) is 1.66. The molecule has 6 nitrogen and oxygen atoms in total. The minimum Gasteiger partial charge on any atom is -0.497 e. The molecule has 2 aromatic heterocycles. The van der Waals surface area contributed by atoms with Crippen molar-refractivity contribution in [1.29, 1.82) is 0 Å². The van der Waals surface area contributed by atoms with E-state index in [4.69, 9.17) is 4.74 Å². The van der Waals surface area contributed by atoms with Gasteiger partial charge in [0, 0.05) is 24.5 Å². The predicted molar refractivity (Wildman–Crippen MR) is 88.9 cm³/mol. The topological polar surface area (TPSA) is 64.9 Å². The Bertz CT molecular complexity index is 812. The van der Waals surface area contributed by atoms with Crippen LogP contribution in [0.3, 0.4) is 0 Å². The van der Waals surface area contributed by atoms with Crippen LogP contribution in [0.2, 0.25) is 0 Å². The van der Waals surface area contributed by atoms with Crippen molar-refractivity contribution in [2.45, 2.75) is 20.4 Å². The maximum atomic E-state index is 5.23. The molecule has 0 atom stereocenters. The highest BCUT2D eigenvalue weighted by molar-refractivity contribution is 5.35. The number of methoxy groups -OCH3 is 1. The summed E-state index contributed by atoms with van der Waals surface area (Å²) in [6, 6.07) is 11.8. The number of anilines is 1. The van der Waals surface area contributed by atoms with Crippen molar-refractivity contribution in [3.05, 3.63) is 59.5 Å². The van der Waals surface area contributed by atoms with Gasteiger partial charge in [0.15, 0.2) is 5.82 Å². The second-order valence-corrected chi connectivity index (χ2v) is 5.28. The molecular formula is C17H19N5O. The number of benzene rings is 1. The number of aromatic nitrogens is 4. The molecule has 2 heterocycles. The Morgan fingerprint density at radius 3 is 2.78 bits per heavy atom. The van der Waals surface area contributed by atoms with E-state index in [0.29, 0.717) is 12.5 Å². The second-order valence-electron chi connectivity index (χ2n) is 5.28. The molecule has 0 bridgehead atoms. The van der Waals surface area contributed by atoms with Gasteiger partial charge in [0.1, 0.15) is 5.75 Å². The Balaban J connectivity index is 1.76. The Labute approximate surface area is 135 Å². The third-order valence-corrected chi connectivity index (χ3v) is 3.45. The molecule has 23 heavy (non-hydrogen) atoms. The van der Waals surface area contributed by atoms with Crippen LogP contribution in [0.15, 0.2) is 42.6 Å². The molecule has 3 rings (SSSR count). The predicted octanol–water partition coefficient (Wildman–Crippen LogP) is 2.90. The smallest absolute Gasteiger partial charge is 0.224 e. The van der Waals surface area contributed by atoms with Gasteiger partial charge in [-0.1, -0.05) is 12.1 Å². The number of hydrogen-bond acceptors (Lipinski definition) is 5. The first-order valence-corrected chi connectivity index (χ1v) is 7.39. The summed E-state index contributed by atoms with van der Waals surface area (Å²) in [6.07, 6.45) is 1.73. The van der Waals surface area contributed by atoms with Crippen molar-refractivity contribution in [2.24, 2.45) is 0 Å². The highest BCUT2D eigenvalue weighted by Crippen LogP contribution is 2.14. The molecular weight excluding hydrogens is 290 g/mol. The van der Waals surface area contributed by atoms with Gasteiger partial charge in [-0.15, -0.1) is 0 Å². The van der Waals surface area contributed by atoms with Gasteiger partial charge < -0.3 is 10.1 Å². The van der Waals surface area contributed by atoms with Crippen LogP contribution in [0.5, 0.6) is 5.75 Å². The minimum absolute atomic E-state index is 0.567. The van der Waals surface area contributed by atoms with Gasteiger partial charge in [-0.25, -0.2) is 9.67 Å². The van der Waals surface area contributed by atoms with Crippen molar-refractivity contribution in [3.63, 3.8) is 0 Å². The number of aryl methyl sites for hydroxylation is 2. The van der Waals surface area contributed by atoms with E-state index in [1.165, 1.54) is 0 Å². The fourth-order valence-electron chi connectivity index (χ4n) is 2.38. The quantitative estimate of drug-likeness (QED) is 0.785. The van der Waals surface area contributed by atoms with Crippen LogP contribution in [-0.4, -0.2) is 26.9 Å². The minimum atomic E-state index is 0.567. The summed E-state index contributed by atoms with van der Waals surface area (Å²) >= 11 is 0. The molecule has 118 valence electrons. The molecule has 0 fully saturated rings. The standard InChI is InChI=1S/C17H19N5O/c1-12-9-13(2)22(21-12)16-7-8-18-17(20-16)19-11-14-5-4-6-15(10-14)23-3/h4-10H,11H2,1-3H3,(H,18,19,20). The summed E-state index contributed by atoms with van der Waals surface area (Å²) < 4.78 is 7.04. The number of nitrogens with zero attached hydrogens (tertiary/aromatic N) is 4. The summed E-state index contributed by atoms with van der Waals surface area (Å²) in [5, 5.41) is 7.67. The van der Waals surface area contributed by atoms with E-state index in [-0.39, 0.29) is 0 Å². The third kappa shape index (κ3) is 3.48. The number of rotatable bonds is 5. The van der Waals surface area contributed by atoms with E-state index in [2.05, 4.69) is 20.4 Å². The largest absolute Gasteiger partial charge is 0.497 e. The maximum absolute atomic E-state index is 5.23. The molecule has 0 saturated carbocycles. The highest BCUT2D eigenvalue weighted by atomic mass is 16.5. The highest BCUT2D eigenvalue weighted by Gasteiger charge is 2.06. The Hall–Kier alpha value is -2.89. The average molecular weight is 309 g/mol. The Morgan fingerprint density at radius 1 is 1.17 bits per heavy atom. The molecule has 0 saturated heterocycles. The lowest BCUT2D eigenvalue weighted by molar-refractivity contribution is 0.414. The average Bonchev–Trinajstić information content (AvgIpc) is 2.92. The SMILES string of the molecule is COc1cccc(CNc2nccc(-n3nc(C)cc3C)n2)c1. The first-order valence-electron chi connectivity index (χ1n) is 7.39. The van der Waals surface area contributed by atoms with E-state index in [9.17, 15) is 0 Å². The first-order chi connectivity index (χ1) is 11.2. The van der Waals surface area contributed by atoms with Gasteiger partial charge >= 0.3 is 0 Å². The van der Waals surface area contributed by atoms with Crippen molar-refractivity contribution in [3.8, 4) is 11.6 Å². The monoisotopic (exact) mass is 309 g/mol. The summed E-state index contributed by atoms with van der Waals surface area (Å²) in [6.45, 7) is 4.59. The van der Waals surface area contributed by atoms with Crippen molar-refractivity contribution >= 4 is 5.95 Å². The lowest BCUT2D eigenvalue weighted by Gasteiger charge is -2.08. The van der Waals surface area contributed by atoms with Crippen LogP contribution in [0.25, 0.3) is 5.82 Å². The van der Waals surface area contributed by atoms with Gasteiger partial charge in [0.25, 0.3) is 0 Å². The molecule has 6 heteroatoms. The fourth-order valence-corrected chi connectivity index (χ4v) is 2.38. The Kier molecular flexibility index (Phi) is 4.23. The van der Waals surface area contributed by atoms with Crippen molar-refractivity contribution < 1.29 is 4.74 Å². The van der Waals surface area contributed by atoms with Gasteiger partial charge in [0.05, 0.1) is 12.8 Å². The van der Waals surface area contributed by atoms with Crippen LogP contribution in [-0.2, 0) is 6.54 Å². The molecule has 0 spiro atoms. The van der Waals surface area contributed by atoms with E-state index in [1.54, 1.807) is 13.3 Å². The summed E-state index contributed by atoms with van der Waals surface area (Å²) in [5.74, 6) is 2.15. The van der Waals surface area contributed by atoms with E-state index in [1.807, 2.05) is 54.9 Å². The van der Waals surface area contributed by atoms with Crippen LogP contribution < -0.4 is 10.1 Å².